The van der Waals surface area contributed by atoms with Crippen molar-refractivity contribution in [3.05, 3.63) is 6.42 Å². The summed E-state index contributed by atoms with van der Waals surface area (Å²) in [7, 11) is 0. The first-order valence-electron chi connectivity index (χ1n) is 5.33. The first kappa shape index (κ1) is 10.6. The Hall–Kier alpha value is -0.530. The predicted molar refractivity (Wildman–Crippen MR) is 54.2 cm³/mol. The molecule has 0 aliphatic carbocycles. The number of hydrogen-bond acceptors (Lipinski definition) is 1. The van der Waals surface area contributed by atoms with Crippen molar-refractivity contribution in [3.63, 3.8) is 0 Å². The highest BCUT2D eigenvalue weighted by Crippen LogP contribution is 2.22. The molecule has 0 aromatic heterocycles. The van der Waals surface area contributed by atoms with E-state index in [2.05, 4.69) is 13.3 Å². The summed E-state index contributed by atoms with van der Waals surface area (Å²) in [6, 6.07) is 0. The molecule has 0 aromatic carbocycles. The van der Waals surface area contributed by atoms with Crippen LogP contribution in [0, 0.1) is 12.3 Å². The molecule has 75 valence electrons. The second-order valence-electron chi connectivity index (χ2n) is 3.90. The van der Waals surface area contributed by atoms with Gasteiger partial charge in [0.1, 0.15) is 0 Å². The van der Waals surface area contributed by atoms with Gasteiger partial charge in [-0.2, -0.15) is 0 Å². The van der Waals surface area contributed by atoms with Crippen molar-refractivity contribution in [2.24, 2.45) is 5.92 Å². The summed E-state index contributed by atoms with van der Waals surface area (Å²) in [6.45, 7) is 6.16. The molecule has 1 rings (SSSR count). The lowest BCUT2D eigenvalue weighted by atomic mass is 10.0. The summed E-state index contributed by atoms with van der Waals surface area (Å²) in [6.07, 6.45) is 6.35. The molecule has 1 fully saturated rings. The molecule has 1 heterocycles. The minimum atomic E-state index is 0.361. The van der Waals surface area contributed by atoms with Crippen molar-refractivity contribution in [1.29, 1.82) is 0 Å². The standard InChI is InChI=1S/C11H20NO/c1-3-5-7-12-9-10(6-4-2)8-11(12)13/h3,10H,4-9H2,1-2H3. The summed E-state index contributed by atoms with van der Waals surface area (Å²) >= 11 is 0. The highest BCUT2D eigenvalue weighted by atomic mass is 16.2. The van der Waals surface area contributed by atoms with Crippen LogP contribution in [0.4, 0.5) is 0 Å². The third-order valence-corrected chi connectivity index (χ3v) is 2.68. The number of nitrogens with zero attached hydrogens (tertiary/aromatic N) is 1. The van der Waals surface area contributed by atoms with E-state index in [9.17, 15) is 4.79 Å². The first-order chi connectivity index (χ1) is 6.27. The number of likely N-dealkylation sites (tertiary alicyclic amines) is 1. The zero-order chi connectivity index (χ0) is 9.68. The number of carbonyl (C=O) groups is 1. The Morgan fingerprint density at radius 2 is 2.38 bits per heavy atom. The summed E-state index contributed by atoms with van der Waals surface area (Å²) in [5.74, 6) is 0.995. The minimum absolute atomic E-state index is 0.361. The van der Waals surface area contributed by atoms with E-state index < -0.39 is 0 Å². The van der Waals surface area contributed by atoms with E-state index in [1.54, 1.807) is 0 Å². The van der Waals surface area contributed by atoms with Crippen molar-refractivity contribution >= 4 is 5.91 Å². The van der Waals surface area contributed by atoms with Gasteiger partial charge < -0.3 is 4.90 Å². The molecule has 0 saturated carbocycles. The van der Waals surface area contributed by atoms with E-state index in [0.29, 0.717) is 11.8 Å². The van der Waals surface area contributed by atoms with Crippen LogP contribution in [0.15, 0.2) is 0 Å². The Labute approximate surface area is 81.3 Å². The Morgan fingerprint density at radius 3 is 3.00 bits per heavy atom. The Balaban J connectivity index is 2.28. The zero-order valence-corrected chi connectivity index (χ0v) is 8.75. The van der Waals surface area contributed by atoms with Crippen LogP contribution < -0.4 is 0 Å². The van der Waals surface area contributed by atoms with Gasteiger partial charge in [-0.25, -0.2) is 0 Å². The van der Waals surface area contributed by atoms with Crippen molar-refractivity contribution < 1.29 is 4.79 Å². The maximum atomic E-state index is 11.5. The van der Waals surface area contributed by atoms with Crippen molar-refractivity contribution in [1.82, 2.24) is 4.90 Å². The van der Waals surface area contributed by atoms with Crippen LogP contribution in [-0.4, -0.2) is 23.9 Å². The second-order valence-corrected chi connectivity index (χ2v) is 3.90. The van der Waals surface area contributed by atoms with Gasteiger partial charge in [0, 0.05) is 19.5 Å². The second kappa shape index (κ2) is 5.25. The predicted octanol–water partition coefficient (Wildman–Crippen LogP) is 2.25. The molecule has 1 aliphatic heterocycles. The fraction of sp³-hybridized carbons (Fsp3) is 0.818. The Kier molecular flexibility index (Phi) is 4.26. The first-order valence-corrected chi connectivity index (χ1v) is 5.33. The van der Waals surface area contributed by atoms with Gasteiger partial charge in [0.2, 0.25) is 5.91 Å². The average molecular weight is 182 g/mol. The van der Waals surface area contributed by atoms with Gasteiger partial charge in [0.05, 0.1) is 0 Å². The molecule has 2 nitrogen and oxygen atoms in total. The highest BCUT2D eigenvalue weighted by Gasteiger charge is 2.27. The van der Waals surface area contributed by atoms with E-state index in [1.165, 1.54) is 12.8 Å². The van der Waals surface area contributed by atoms with Gasteiger partial charge in [0.15, 0.2) is 0 Å². The molecule has 0 aromatic rings. The number of unbranched alkanes of at least 4 members (excludes halogenated alkanes) is 1. The number of carbonyl (C=O) groups excluding carboxylic acids is 1. The number of rotatable bonds is 5. The largest absolute Gasteiger partial charge is 0.342 e. The summed E-state index contributed by atoms with van der Waals surface area (Å²) in [4.78, 5) is 13.5. The molecule has 0 bridgehead atoms. The van der Waals surface area contributed by atoms with Crippen LogP contribution in [0.1, 0.15) is 39.5 Å². The van der Waals surface area contributed by atoms with Gasteiger partial charge in [-0.15, -0.1) is 0 Å². The Morgan fingerprint density at radius 1 is 1.62 bits per heavy atom. The van der Waals surface area contributed by atoms with Crippen LogP contribution >= 0.6 is 0 Å². The molecular weight excluding hydrogens is 162 g/mol. The van der Waals surface area contributed by atoms with Gasteiger partial charge in [-0.3, -0.25) is 4.79 Å². The lowest BCUT2D eigenvalue weighted by Crippen LogP contribution is -2.26. The molecule has 0 spiro atoms. The molecule has 1 radical (unpaired) electrons. The third-order valence-electron chi connectivity index (χ3n) is 2.68. The van der Waals surface area contributed by atoms with E-state index in [4.69, 9.17) is 0 Å². The van der Waals surface area contributed by atoms with Gasteiger partial charge >= 0.3 is 0 Å². The van der Waals surface area contributed by atoms with Crippen molar-refractivity contribution in [3.8, 4) is 0 Å². The molecule has 1 atom stereocenters. The van der Waals surface area contributed by atoms with Gasteiger partial charge in [0.25, 0.3) is 0 Å². The van der Waals surface area contributed by atoms with E-state index in [1.807, 2.05) is 11.8 Å². The van der Waals surface area contributed by atoms with Crippen LogP contribution in [0.25, 0.3) is 0 Å². The van der Waals surface area contributed by atoms with Crippen LogP contribution in [0.3, 0.4) is 0 Å². The average Bonchev–Trinajstić information content (AvgIpc) is 2.44. The monoisotopic (exact) mass is 182 g/mol. The van der Waals surface area contributed by atoms with E-state index >= 15 is 0 Å². The number of amides is 1. The van der Waals surface area contributed by atoms with E-state index in [-0.39, 0.29) is 0 Å². The lowest BCUT2D eigenvalue weighted by molar-refractivity contribution is -0.127. The minimum Gasteiger partial charge on any atom is -0.342 e. The fourth-order valence-electron chi connectivity index (χ4n) is 1.96. The molecular formula is C11H20NO. The molecule has 2 heteroatoms. The van der Waals surface area contributed by atoms with E-state index in [0.717, 1.165) is 25.9 Å². The molecule has 1 amide bonds. The van der Waals surface area contributed by atoms with Gasteiger partial charge in [-0.1, -0.05) is 20.3 Å². The van der Waals surface area contributed by atoms with Crippen molar-refractivity contribution in [2.75, 3.05) is 13.1 Å². The molecule has 1 saturated heterocycles. The zero-order valence-electron chi connectivity index (χ0n) is 8.75. The summed E-state index contributed by atoms with van der Waals surface area (Å²) < 4.78 is 0. The lowest BCUT2D eigenvalue weighted by Gasteiger charge is -2.15. The molecule has 0 N–H and O–H groups in total. The highest BCUT2D eigenvalue weighted by molar-refractivity contribution is 5.78. The normalized spacial score (nSPS) is 22.8. The van der Waals surface area contributed by atoms with Gasteiger partial charge in [-0.05, 0) is 25.2 Å². The van der Waals surface area contributed by atoms with Crippen LogP contribution in [-0.2, 0) is 4.79 Å². The molecule has 13 heavy (non-hydrogen) atoms. The smallest absolute Gasteiger partial charge is 0.222 e. The molecule has 1 unspecified atom stereocenters. The SMILES string of the molecule is C[CH]CCN1CC(CCC)CC1=O. The third kappa shape index (κ3) is 3.02. The quantitative estimate of drug-likeness (QED) is 0.638. The fourth-order valence-corrected chi connectivity index (χ4v) is 1.96. The summed E-state index contributed by atoms with van der Waals surface area (Å²) in [5.41, 5.74) is 0. The topological polar surface area (TPSA) is 20.3 Å². The molecule has 1 aliphatic rings. The van der Waals surface area contributed by atoms with Crippen molar-refractivity contribution in [2.45, 2.75) is 39.5 Å². The maximum absolute atomic E-state index is 11.5. The Bertz CT molecular complexity index is 167. The number of hydrogen-bond donors (Lipinski definition) is 0. The maximum Gasteiger partial charge on any atom is 0.222 e. The summed E-state index contributed by atoms with van der Waals surface area (Å²) in [5, 5.41) is 0. The van der Waals surface area contributed by atoms with Crippen LogP contribution in [0.5, 0.6) is 0 Å². The van der Waals surface area contributed by atoms with Crippen LogP contribution in [0.2, 0.25) is 0 Å².